The van der Waals surface area contributed by atoms with Crippen LogP contribution in [0.2, 0.25) is 10.0 Å². The molecule has 6 nitrogen and oxygen atoms in total. The summed E-state index contributed by atoms with van der Waals surface area (Å²) in [6, 6.07) is 13.1. The molecule has 2 aliphatic rings. The van der Waals surface area contributed by atoms with Crippen LogP contribution in [0.15, 0.2) is 52.6 Å². The van der Waals surface area contributed by atoms with Gasteiger partial charge >= 0.3 is 0 Å². The molecule has 2 aliphatic heterocycles. The number of anilines is 1. The summed E-state index contributed by atoms with van der Waals surface area (Å²) in [5.41, 5.74) is 3.24. The minimum atomic E-state index is -0.0699. The first-order valence-electron chi connectivity index (χ1n) is 8.83. The second-order valence-corrected chi connectivity index (χ2v) is 7.77. The van der Waals surface area contributed by atoms with Gasteiger partial charge in [-0.25, -0.2) is 5.01 Å². The summed E-state index contributed by atoms with van der Waals surface area (Å²) in [7, 11) is 3.80. The molecule has 0 aromatic heterocycles. The number of hydrogen-bond donors (Lipinski definition) is 0. The number of nitrogens with zero attached hydrogens (tertiary/aromatic N) is 5. The number of carbonyl (C=O) groups excluding carboxylic acids is 1. The second-order valence-electron chi connectivity index (χ2n) is 6.92. The van der Waals surface area contributed by atoms with Gasteiger partial charge in [-0.2, -0.15) is 5.10 Å². The van der Waals surface area contributed by atoms with E-state index in [9.17, 15) is 4.79 Å². The smallest absolute Gasteiger partial charge is 0.263 e. The van der Waals surface area contributed by atoms with E-state index < -0.39 is 0 Å². The summed E-state index contributed by atoms with van der Waals surface area (Å²) in [6.45, 7) is 0.960. The van der Waals surface area contributed by atoms with E-state index in [2.05, 4.69) is 5.10 Å². The first-order chi connectivity index (χ1) is 13.4. The van der Waals surface area contributed by atoms with Crippen molar-refractivity contribution in [2.45, 2.75) is 0 Å². The molecule has 2 aromatic carbocycles. The van der Waals surface area contributed by atoms with E-state index in [0.29, 0.717) is 29.1 Å². The average Bonchev–Trinajstić information content (AvgIpc) is 2.79. The van der Waals surface area contributed by atoms with Crippen LogP contribution in [0, 0.1) is 0 Å². The van der Waals surface area contributed by atoms with Crippen molar-refractivity contribution >= 4 is 46.3 Å². The van der Waals surface area contributed by atoms with Crippen molar-refractivity contribution in [1.29, 1.82) is 0 Å². The standard InChI is InChI=1S/C20H19Cl2N5O/c1-25(2)12-27-19(28)11-26-17-8-7-13(21)9-15(17)20(23-10-18(26)24-27)14-5-3-4-6-16(14)22/h3-9H,10-12H2,1-2H3. The number of aliphatic imine (C=N–C) groups is 1. The summed E-state index contributed by atoms with van der Waals surface area (Å²) >= 11 is 12.7. The first-order valence-corrected chi connectivity index (χ1v) is 9.59. The molecular formula is C20H19Cl2N5O. The fourth-order valence-electron chi connectivity index (χ4n) is 3.33. The van der Waals surface area contributed by atoms with Gasteiger partial charge in [0.25, 0.3) is 5.91 Å². The maximum absolute atomic E-state index is 12.6. The van der Waals surface area contributed by atoms with Crippen molar-refractivity contribution in [3.63, 3.8) is 0 Å². The van der Waals surface area contributed by atoms with Crippen LogP contribution in [0.25, 0.3) is 0 Å². The quantitative estimate of drug-likeness (QED) is 0.772. The van der Waals surface area contributed by atoms with Gasteiger partial charge in [0.2, 0.25) is 0 Å². The van der Waals surface area contributed by atoms with Gasteiger partial charge in [-0.1, -0.05) is 41.4 Å². The largest absolute Gasteiger partial charge is 0.317 e. The molecule has 0 saturated heterocycles. The lowest BCUT2D eigenvalue weighted by atomic mass is 10.00. The average molecular weight is 416 g/mol. The Bertz CT molecular complexity index is 1000. The first kappa shape index (κ1) is 18.9. The van der Waals surface area contributed by atoms with E-state index in [1.54, 1.807) is 0 Å². The Hall–Kier alpha value is -2.41. The molecule has 0 unspecified atom stereocenters. The molecule has 4 rings (SSSR count). The number of hydrazone groups is 1. The van der Waals surface area contributed by atoms with E-state index in [1.165, 1.54) is 5.01 Å². The monoisotopic (exact) mass is 415 g/mol. The minimum Gasteiger partial charge on any atom is -0.317 e. The molecule has 0 bridgehead atoms. The van der Waals surface area contributed by atoms with Crippen LogP contribution in [0.4, 0.5) is 5.69 Å². The van der Waals surface area contributed by atoms with Crippen molar-refractivity contribution in [3.8, 4) is 0 Å². The van der Waals surface area contributed by atoms with Crippen LogP contribution in [0.3, 0.4) is 0 Å². The number of amides is 1. The van der Waals surface area contributed by atoms with Crippen molar-refractivity contribution in [1.82, 2.24) is 9.91 Å². The maximum atomic E-state index is 12.6. The molecule has 2 heterocycles. The summed E-state index contributed by atoms with van der Waals surface area (Å²) in [5.74, 6) is 0.645. The Labute approximate surface area is 173 Å². The fraction of sp³-hybridized carbons (Fsp3) is 0.250. The highest BCUT2D eigenvalue weighted by molar-refractivity contribution is 6.37. The van der Waals surface area contributed by atoms with Crippen LogP contribution in [0.5, 0.6) is 0 Å². The SMILES string of the molecule is CN(C)CN1N=C2CN=C(c3ccccc3Cl)c3cc(Cl)ccc3N2CC1=O. The van der Waals surface area contributed by atoms with E-state index in [1.807, 2.05) is 66.4 Å². The van der Waals surface area contributed by atoms with Gasteiger partial charge in [0.05, 0.1) is 24.6 Å². The molecule has 0 atom stereocenters. The maximum Gasteiger partial charge on any atom is 0.263 e. The Morgan fingerprint density at radius 1 is 1.11 bits per heavy atom. The highest BCUT2D eigenvalue weighted by Crippen LogP contribution is 2.32. The predicted octanol–water partition coefficient (Wildman–Crippen LogP) is 3.33. The summed E-state index contributed by atoms with van der Waals surface area (Å²) in [5, 5.41) is 7.26. The van der Waals surface area contributed by atoms with E-state index in [4.69, 9.17) is 28.2 Å². The topological polar surface area (TPSA) is 51.5 Å². The van der Waals surface area contributed by atoms with Crippen LogP contribution >= 0.6 is 23.2 Å². The number of hydrogen-bond acceptors (Lipinski definition) is 5. The summed E-state index contributed by atoms with van der Waals surface area (Å²) in [6.07, 6.45) is 0. The van der Waals surface area contributed by atoms with Crippen molar-refractivity contribution in [2.24, 2.45) is 10.1 Å². The Balaban J connectivity index is 1.86. The third-order valence-corrected chi connectivity index (χ3v) is 5.12. The zero-order valence-electron chi connectivity index (χ0n) is 15.6. The highest BCUT2D eigenvalue weighted by Gasteiger charge is 2.32. The normalized spacial score (nSPS) is 16.4. The Morgan fingerprint density at radius 3 is 2.64 bits per heavy atom. The zero-order chi connectivity index (χ0) is 19.8. The third kappa shape index (κ3) is 3.51. The number of fused-ring (bicyclic) bond motifs is 3. The molecule has 0 N–H and O–H groups in total. The molecule has 8 heteroatoms. The van der Waals surface area contributed by atoms with E-state index in [-0.39, 0.29) is 12.5 Å². The van der Waals surface area contributed by atoms with Gasteiger partial charge < -0.3 is 4.90 Å². The third-order valence-electron chi connectivity index (χ3n) is 4.56. The summed E-state index contributed by atoms with van der Waals surface area (Å²) in [4.78, 5) is 21.3. The predicted molar refractivity (Wildman–Crippen MR) is 114 cm³/mol. The lowest BCUT2D eigenvalue weighted by Crippen LogP contribution is -2.50. The summed E-state index contributed by atoms with van der Waals surface area (Å²) < 4.78 is 0. The molecule has 2 aromatic rings. The van der Waals surface area contributed by atoms with Gasteiger partial charge in [0.15, 0.2) is 5.84 Å². The molecule has 0 saturated carbocycles. The molecule has 0 fully saturated rings. The van der Waals surface area contributed by atoms with Crippen molar-refractivity contribution in [2.75, 3.05) is 38.8 Å². The second kappa shape index (κ2) is 7.54. The van der Waals surface area contributed by atoms with Gasteiger partial charge in [0.1, 0.15) is 6.54 Å². The van der Waals surface area contributed by atoms with Gasteiger partial charge in [-0.15, -0.1) is 0 Å². The minimum absolute atomic E-state index is 0.0699. The molecule has 0 aliphatic carbocycles. The molecular weight excluding hydrogens is 397 g/mol. The number of halogens is 2. The number of rotatable bonds is 3. The lowest BCUT2D eigenvalue weighted by molar-refractivity contribution is -0.131. The molecule has 144 valence electrons. The van der Waals surface area contributed by atoms with Gasteiger partial charge in [0, 0.05) is 21.2 Å². The van der Waals surface area contributed by atoms with Gasteiger partial charge in [-0.05, 0) is 38.4 Å². The Kier molecular flexibility index (Phi) is 5.10. The van der Waals surface area contributed by atoms with E-state index in [0.717, 1.165) is 22.5 Å². The van der Waals surface area contributed by atoms with Crippen LogP contribution in [-0.2, 0) is 4.79 Å². The number of carbonyl (C=O) groups is 1. The van der Waals surface area contributed by atoms with Crippen LogP contribution in [0.1, 0.15) is 11.1 Å². The van der Waals surface area contributed by atoms with Crippen molar-refractivity contribution < 1.29 is 4.79 Å². The van der Waals surface area contributed by atoms with Crippen molar-refractivity contribution in [3.05, 3.63) is 63.6 Å². The lowest BCUT2D eigenvalue weighted by Gasteiger charge is -2.33. The molecule has 0 spiro atoms. The van der Waals surface area contributed by atoms with Crippen LogP contribution in [-0.4, -0.2) is 61.2 Å². The molecule has 1 amide bonds. The fourth-order valence-corrected chi connectivity index (χ4v) is 3.73. The molecule has 28 heavy (non-hydrogen) atoms. The van der Waals surface area contributed by atoms with Crippen LogP contribution < -0.4 is 4.90 Å². The molecule has 0 radical (unpaired) electrons. The number of benzene rings is 2. The highest BCUT2D eigenvalue weighted by atomic mass is 35.5. The Morgan fingerprint density at radius 2 is 1.89 bits per heavy atom. The zero-order valence-corrected chi connectivity index (χ0v) is 17.1. The van der Waals surface area contributed by atoms with E-state index >= 15 is 0 Å². The number of amidine groups is 1. The van der Waals surface area contributed by atoms with Gasteiger partial charge in [-0.3, -0.25) is 14.7 Å².